The minimum Gasteiger partial charge on any atom is -0.469 e. The maximum atomic E-state index is 15.1. The Morgan fingerprint density at radius 1 is 0.904 bits per heavy atom. The molecular formula is C51H68BrClN8O11S. The van der Waals surface area contributed by atoms with E-state index in [-0.39, 0.29) is 64.8 Å². The van der Waals surface area contributed by atoms with Crippen molar-refractivity contribution in [1.29, 1.82) is 0 Å². The zero-order valence-electron chi connectivity index (χ0n) is 42.7. The van der Waals surface area contributed by atoms with E-state index in [0.717, 1.165) is 15.0 Å². The number of para-hydroxylation sites is 1. The minimum atomic E-state index is -1.23. The lowest BCUT2D eigenvalue weighted by molar-refractivity contribution is -0.142. The van der Waals surface area contributed by atoms with Gasteiger partial charge >= 0.3 is 24.2 Å². The van der Waals surface area contributed by atoms with Crippen molar-refractivity contribution in [3.8, 4) is 0 Å². The Bertz CT molecular complexity index is 2560. The first-order valence-electron chi connectivity index (χ1n) is 24.2. The van der Waals surface area contributed by atoms with E-state index in [0.29, 0.717) is 50.9 Å². The summed E-state index contributed by atoms with van der Waals surface area (Å²) in [6, 6.07) is 11.1. The van der Waals surface area contributed by atoms with Gasteiger partial charge in [0, 0.05) is 84.5 Å². The number of rotatable bonds is 14. The lowest BCUT2D eigenvalue weighted by atomic mass is 10.0. The summed E-state index contributed by atoms with van der Waals surface area (Å²) in [7, 11) is 2.74. The average molecular weight is 1120 g/mol. The third-order valence-electron chi connectivity index (χ3n) is 11.8. The largest absolute Gasteiger partial charge is 0.469 e. The maximum absolute atomic E-state index is 15.1. The number of amides is 5. The molecule has 0 fully saturated rings. The highest BCUT2D eigenvalue weighted by atomic mass is 79.9. The summed E-state index contributed by atoms with van der Waals surface area (Å²) in [6.07, 6.45) is 1.95. The number of unbranched alkanes of at least 4 members (excludes halogenated alkanes) is 1. The normalized spacial score (nSPS) is 18.4. The Labute approximate surface area is 444 Å². The summed E-state index contributed by atoms with van der Waals surface area (Å²) in [5, 5.41) is 23.5. The molecular weight excluding hydrogens is 1050 g/mol. The Kier molecular flexibility index (Phi) is 21.1. The van der Waals surface area contributed by atoms with Crippen LogP contribution in [0.4, 0.5) is 14.4 Å². The number of halogens is 2. The van der Waals surface area contributed by atoms with Crippen LogP contribution in [0.15, 0.2) is 80.8 Å². The molecule has 2 aromatic carbocycles. The van der Waals surface area contributed by atoms with Crippen LogP contribution in [0.2, 0.25) is 0 Å². The number of methoxy groups -OCH3 is 1. The van der Waals surface area contributed by atoms with Gasteiger partial charge in [-0.3, -0.25) is 28.2 Å². The number of benzene rings is 2. The molecule has 0 radical (unpaired) electrons. The smallest absolute Gasteiger partial charge is 0.416 e. The first-order valence-corrected chi connectivity index (χ1v) is 26.1. The van der Waals surface area contributed by atoms with Crippen molar-refractivity contribution in [2.24, 2.45) is 0 Å². The predicted molar refractivity (Wildman–Crippen MR) is 282 cm³/mol. The molecule has 3 atom stereocenters. The van der Waals surface area contributed by atoms with Crippen LogP contribution in [0.5, 0.6) is 0 Å². The molecule has 5 amide bonds. The van der Waals surface area contributed by atoms with Crippen LogP contribution in [0.1, 0.15) is 91.2 Å². The van der Waals surface area contributed by atoms with Gasteiger partial charge in [0.05, 0.1) is 36.7 Å². The number of likely N-dealkylation sites (N-methyl/N-ethyl adjacent to an activating group) is 1. The van der Waals surface area contributed by atoms with E-state index in [2.05, 4.69) is 37.2 Å². The lowest BCUT2D eigenvalue weighted by Gasteiger charge is -2.32. The quantitative estimate of drug-likeness (QED) is 0.0453. The molecule has 0 unspecified atom stereocenters. The van der Waals surface area contributed by atoms with Gasteiger partial charge in [0.15, 0.2) is 0 Å². The molecule has 19 nitrogen and oxygen atoms in total. The van der Waals surface area contributed by atoms with Crippen LogP contribution >= 0.6 is 39.5 Å². The van der Waals surface area contributed by atoms with Crippen LogP contribution in [-0.2, 0) is 46.4 Å². The monoisotopic (exact) mass is 1110 g/mol. The first-order chi connectivity index (χ1) is 34.5. The molecule has 2 aliphatic rings. The van der Waals surface area contributed by atoms with Crippen LogP contribution in [0.3, 0.4) is 0 Å². The highest BCUT2D eigenvalue weighted by Gasteiger charge is 2.35. The van der Waals surface area contributed by atoms with Gasteiger partial charge in [-0.15, -0.1) is 0 Å². The molecule has 22 heteroatoms. The molecule has 3 heterocycles. The van der Waals surface area contributed by atoms with Gasteiger partial charge in [0.2, 0.25) is 17.7 Å². The topological polar surface area (TPSA) is 230 Å². The zero-order chi connectivity index (χ0) is 53.6. The fraction of sp³-hybridized carbons (Fsp3) is 0.510. The maximum Gasteiger partial charge on any atom is 0.416 e. The Morgan fingerprint density at radius 3 is 2.29 bits per heavy atom. The van der Waals surface area contributed by atoms with Gasteiger partial charge in [-0.05, 0) is 103 Å². The number of carbonyl (C=O) groups excluding carboxylic acids is 6. The number of alkyl carbamates (subject to hydrolysis) is 1. The van der Waals surface area contributed by atoms with Crippen LogP contribution in [-0.4, -0.2) is 142 Å². The molecule has 5 rings (SSSR count). The summed E-state index contributed by atoms with van der Waals surface area (Å²) in [5.74, 6) is -2.19. The van der Waals surface area contributed by atoms with Gasteiger partial charge in [-0.1, -0.05) is 64.1 Å². The van der Waals surface area contributed by atoms with Crippen molar-refractivity contribution in [1.82, 2.24) is 40.1 Å². The van der Waals surface area contributed by atoms with Crippen LogP contribution < -0.4 is 21.3 Å². The number of aromatic nitrogens is 1. The van der Waals surface area contributed by atoms with Gasteiger partial charge in [-0.2, -0.15) is 0 Å². The molecule has 1 aromatic heterocycles. The molecule has 0 bridgehead atoms. The molecule has 2 aliphatic heterocycles. The van der Waals surface area contributed by atoms with Gasteiger partial charge in [0.25, 0.3) is 0 Å². The summed E-state index contributed by atoms with van der Waals surface area (Å²) >= 11 is 12.0. The predicted octanol–water partition coefficient (Wildman–Crippen LogP) is 7.64. The third kappa shape index (κ3) is 17.1. The highest BCUT2D eigenvalue weighted by molar-refractivity contribution is 9.12. The number of carbonyl (C=O) groups is 7. The van der Waals surface area contributed by atoms with Gasteiger partial charge in [-0.25, -0.2) is 14.4 Å². The van der Waals surface area contributed by atoms with Crippen molar-refractivity contribution in [3.05, 3.63) is 87.0 Å². The van der Waals surface area contributed by atoms with Crippen LogP contribution in [0, 0.1) is 0 Å². The second-order valence-corrected chi connectivity index (χ2v) is 21.9. The number of nitrogens with one attached hydrogen (secondary N) is 4. The van der Waals surface area contributed by atoms with Crippen molar-refractivity contribution in [3.63, 3.8) is 0 Å². The minimum absolute atomic E-state index is 0.00841. The van der Waals surface area contributed by atoms with Crippen molar-refractivity contribution in [2.75, 3.05) is 46.9 Å². The number of carboxylic acid groups (broad SMARTS) is 1. The number of ether oxygens (including phenoxy) is 3. The van der Waals surface area contributed by atoms with Crippen molar-refractivity contribution < 1.29 is 52.9 Å². The van der Waals surface area contributed by atoms with E-state index < -0.39 is 71.3 Å². The second kappa shape index (κ2) is 26.4. The Morgan fingerprint density at radius 2 is 1.59 bits per heavy atom. The van der Waals surface area contributed by atoms with E-state index in [1.807, 2.05) is 30.3 Å². The van der Waals surface area contributed by atoms with Crippen LogP contribution in [0.25, 0.3) is 10.9 Å². The number of hydrogen-bond donors (Lipinski definition) is 5. The summed E-state index contributed by atoms with van der Waals surface area (Å²) in [6.45, 7) is 11.3. The molecule has 73 heavy (non-hydrogen) atoms. The molecule has 0 saturated heterocycles. The second-order valence-electron chi connectivity index (χ2n) is 19.7. The molecule has 0 spiro atoms. The number of esters is 1. The first kappa shape index (κ1) is 58.1. The third-order valence-corrected chi connectivity index (χ3v) is 14.3. The van der Waals surface area contributed by atoms with Gasteiger partial charge in [0.1, 0.15) is 23.3 Å². The SMILES string of the molecule is COC(=O)CCN(CCC[C@@H]1NCc2ccccc2SC2=C(CNC(=O)[C@H](Cc3cn(C(=O)O)c4ccccc34)N(C)C(=O)[C@H](CCCCNC(=O)OC(C)(C)C)NC1=O)C(Br)=CCN2Cl)C(=O)OC(C)(C)C. The number of nitrogens with zero attached hydrogens (tertiary/aromatic N) is 4. The van der Waals surface area contributed by atoms with Crippen molar-refractivity contribution in [2.45, 2.75) is 127 Å². The van der Waals surface area contributed by atoms with E-state index in [1.54, 1.807) is 70.2 Å². The molecule has 0 aliphatic carbocycles. The number of thioether (sulfide) groups is 1. The highest BCUT2D eigenvalue weighted by Crippen LogP contribution is 2.40. The Balaban J connectivity index is 1.56. The average Bonchev–Trinajstić information content (AvgIpc) is 3.70. The van der Waals surface area contributed by atoms with E-state index in [9.17, 15) is 33.9 Å². The molecule has 0 saturated carbocycles. The van der Waals surface area contributed by atoms with E-state index in [1.165, 1.54) is 41.9 Å². The summed E-state index contributed by atoms with van der Waals surface area (Å²) in [4.78, 5) is 98.7. The molecule has 5 N–H and O–H groups in total. The van der Waals surface area contributed by atoms with E-state index in [4.69, 9.17) is 26.0 Å². The molecule has 3 aromatic rings. The molecule has 398 valence electrons. The van der Waals surface area contributed by atoms with Crippen molar-refractivity contribution >= 4 is 92.3 Å². The summed E-state index contributed by atoms with van der Waals surface area (Å²) < 4.78 is 19.2. The summed E-state index contributed by atoms with van der Waals surface area (Å²) in [5.41, 5.74) is 0.836. The zero-order valence-corrected chi connectivity index (χ0v) is 45.8. The Hall–Kier alpha value is -5.77. The number of hydrogen-bond acceptors (Lipinski definition) is 13. The van der Waals surface area contributed by atoms with Gasteiger partial charge < -0.3 is 50.4 Å². The van der Waals surface area contributed by atoms with E-state index >= 15 is 4.79 Å². The fourth-order valence-electron chi connectivity index (χ4n) is 8.12. The number of fused-ring (bicyclic) bond motifs is 2. The standard InChI is InChI=1S/C51H68BrClN8O11S/c1-50(2,3)71-47(66)54-24-14-13-18-38-45(65)58(7)40(28-33-31-60(48(67)68)39-20-11-10-17-34(33)39)44(64)56-30-35-36(52)22-27-61(53)46(35)73-41-21-12-9-16-32(41)29-55-37(43(63)57-38)19-15-25-59(26-23-42(62)70-8)49(69)72-51(4,5)6/h9-12,16-17,20-22,31,37-38,40,55H,13-15,18-19,23-30H2,1-8H3,(H,54,66)(H,56,64)(H,57,63)(H,67,68)/t37-,38-,40-/m0/s1. The fourth-order valence-corrected chi connectivity index (χ4v) is 10.1. The lowest BCUT2D eigenvalue weighted by Crippen LogP contribution is -2.57.